The lowest BCUT2D eigenvalue weighted by molar-refractivity contribution is -0.120. The van der Waals surface area contributed by atoms with Gasteiger partial charge in [0.1, 0.15) is 5.82 Å². The second-order valence-corrected chi connectivity index (χ2v) is 10.6. The Morgan fingerprint density at radius 1 is 1.38 bits per heavy atom. The number of halogens is 1. The molecule has 11 heteroatoms. The largest absolute Gasteiger partial charge is 0.349 e. The maximum absolute atomic E-state index is 13.6. The summed E-state index contributed by atoms with van der Waals surface area (Å²) in [5.41, 5.74) is -0.414. The molecule has 0 radical (unpaired) electrons. The van der Waals surface area contributed by atoms with Crippen molar-refractivity contribution in [3.05, 3.63) is 30.1 Å². The van der Waals surface area contributed by atoms with E-state index in [0.29, 0.717) is 21.6 Å². The number of nitrogens with zero attached hydrogens (tertiary/aromatic N) is 2. The Morgan fingerprint density at radius 2 is 2.15 bits per heavy atom. The van der Waals surface area contributed by atoms with Gasteiger partial charge in [0.05, 0.1) is 28.5 Å². The van der Waals surface area contributed by atoms with Crippen LogP contribution in [0.1, 0.15) is 13.3 Å². The number of nitrogens with one attached hydrogen (secondary N) is 2. The molecular formula is C15H17FN4O3S3. The highest BCUT2D eigenvalue weighted by molar-refractivity contribution is 8.01. The maximum Gasteiger partial charge on any atom is 0.230 e. The molecule has 0 unspecified atom stereocenters. The Hall–Kier alpha value is -1.72. The van der Waals surface area contributed by atoms with Gasteiger partial charge < -0.3 is 10.6 Å². The van der Waals surface area contributed by atoms with E-state index in [2.05, 4.69) is 20.8 Å². The minimum Gasteiger partial charge on any atom is -0.349 e. The van der Waals surface area contributed by atoms with Crippen molar-refractivity contribution in [1.29, 1.82) is 0 Å². The molecule has 1 saturated heterocycles. The van der Waals surface area contributed by atoms with E-state index in [1.165, 1.54) is 29.2 Å². The SMILES string of the molecule is C[C@@]1(NC(=O)CSc2nnc(Nc3ccccc3F)s2)CCS(=O)(=O)C1. The van der Waals surface area contributed by atoms with Crippen LogP contribution >= 0.6 is 23.1 Å². The quantitative estimate of drug-likeness (QED) is 0.696. The number of hydrogen-bond donors (Lipinski definition) is 2. The molecule has 1 aliphatic heterocycles. The van der Waals surface area contributed by atoms with E-state index in [-0.39, 0.29) is 23.2 Å². The standard InChI is InChI=1S/C15H17FN4O3S3/c1-15(6-7-26(22,23)9-15)18-12(21)8-24-14-20-19-13(25-14)17-11-5-3-2-4-10(11)16/h2-5H,6-9H2,1H3,(H,17,19)(H,18,21)/t15-/m1/s1. The lowest BCUT2D eigenvalue weighted by Gasteiger charge is -2.23. The molecule has 2 aromatic rings. The molecule has 140 valence electrons. The van der Waals surface area contributed by atoms with Crippen LogP contribution in [0.2, 0.25) is 0 Å². The molecule has 1 aromatic carbocycles. The second kappa shape index (κ2) is 7.49. The lowest BCUT2D eigenvalue weighted by Crippen LogP contribution is -2.47. The first-order valence-corrected chi connectivity index (χ1v) is 11.4. The third-order valence-corrected chi connectivity index (χ3v) is 7.67. The first kappa shape index (κ1) is 19.1. The third-order valence-electron chi connectivity index (χ3n) is 3.79. The van der Waals surface area contributed by atoms with Crippen molar-refractivity contribution in [2.45, 2.75) is 23.2 Å². The average Bonchev–Trinajstić information content (AvgIpc) is 3.11. The summed E-state index contributed by atoms with van der Waals surface area (Å²) in [6, 6.07) is 6.23. The van der Waals surface area contributed by atoms with Crippen molar-refractivity contribution in [1.82, 2.24) is 15.5 Å². The first-order chi connectivity index (χ1) is 12.2. The fraction of sp³-hybridized carbons (Fsp3) is 0.400. The zero-order valence-corrected chi connectivity index (χ0v) is 16.3. The number of carbonyl (C=O) groups excluding carboxylic acids is 1. The van der Waals surface area contributed by atoms with Crippen molar-refractivity contribution in [2.75, 3.05) is 22.6 Å². The van der Waals surface area contributed by atoms with Crippen LogP contribution in [0.4, 0.5) is 15.2 Å². The molecule has 2 heterocycles. The number of sulfone groups is 1. The Labute approximate surface area is 158 Å². The zero-order valence-electron chi connectivity index (χ0n) is 13.9. The van der Waals surface area contributed by atoms with Gasteiger partial charge in [-0.3, -0.25) is 4.79 Å². The van der Waals surface area contributed by atoms with Crippen molar-refractivity contribution < 1.29 is 17.6 Å². The van der Waals surface area contributed by atoms with Crippen LogP contribution < -0.4 is 10.6 Å². The number of amides is 1. The summed E-state index contributed by atoms with van der Waals surface area (Å²) >= 11 is 2.40. The molecule has 1 atom stereocenters. The number of benzene rings is 1. The Bertz CT molecular complexity index is 918. The Morgan fingerprint density at radius 3 is 2.85 bits per heavy atom. The van der Waals surface area contributed by atoms with Crippen molar-refractivity contribution in [2.24, 2.45) is 0 Å². The van der Waals surface area contributed by atoms with Gasteiger partial charge in [-0.1, -0.05) is 35.2 Å². The van der Waals surface area contributed by atoms with Gasteiger partial charge in [0, 0.05) is 0 Å². The number of aromatic nitrogens is 2. The van der Waals surface area contributed by atoms with Crippen molar-refractivity contribution >= 4 is 49.7 Å². The molecule has 1 fully saturated rings. The molecule has 7 nitrogen and oxygen atoms in total. The van der Waals surface area contributed by atoms with E-state index < -0.39 is 21.2 Å². The van der Waals surface area contributed by atoms with Crippen molar-refractivity contribution in [3.63, 3.8) is 0 Å². The molecule has 1 aliphatic rings. The van der Waals surface area contributed by atoms with E-state index >= 15 is 0 Å². The van der Waals surface area contributed by atoms with E-state index in [4.69, 9.17) is 0 Å². The predicted molar refractivity (Wildman–Crippen MR) is 100 cm³/mol. The molecule has 0 saturated carbocycles. The fourth-order valence-electron chi connectivity index (χ4n) is 2.61. The molecular weight excluding hydrogens is 399 g/mol. The fourth-order valence-corrected chi connectivity index (χ4v) is 6.26. The minimum atomic E-state index is -3.08. The van der Waals surface area contributed by atoms with E-state index in [9.17, 15) is 17.6 Å². The highest BCUT2D eigenvalue weighted by Gasteiger charge is 2.39. The van der Waals surface area contributed by atoms with Crippen LogP contribution in [0, 0.1) is 5.82 Å². The summed E-state index contributed by atoms with van der Waals surface area (Å²) in [5.74, 6) is -0.488. The van der Waals surface area contributed by atoms with E-state index in [1.54, 1.807) is 25.1 Å². The summed E-state index contributed by atoms with van der Waals surface area (Å²) in [6.45, 7) is 1.74. The molecule has 1 aromatic heterocycles. The first-order valence-electron chi connectivity index (χ1n) is 7.74. The average molecular weight is 417 g/mol. The predicted octanol–water partition coefficient (Wildman–Crippen LogP) is 2.21. The highest BCUT2D eigenvalue weighted by Crippen LogP contribution is 2.29. The molecule has 2 N–H and O–H groups in total. The molecule has 3 rings (SSSR count). The van der Waals surface area contributed by atoms with Crippen LogP contribution in [0.25, 0.3) is 0 Å². The van der Waals surface area contributed by atoms with Crippen LogP contribution in [-0.4, -0.2) is 47.3 Å². The van der Waals surface area contributed by atoms with Gasteiger partial charge in [0.2, 0.25) is 11.0 Å². The third kappa shape index (κ3) is 4.92. The van der Waals surface area contributed by atoms with Crippen LogP contribution in [0.5, 0.6) is 0 Å². The van der Waals surface area contributed by atoms with Gasteiger partial charge in [0.15, 0.2) is 14.2 Å². The molecule has 0 aliphatic carbocycles. The van der Waals surface area contributed by atoms with Gasteiger partial charge in [-0.2, -0.15) is 0 Å². The number of para-hydroxylation sites is 1. The molecule has 0 spiro atoms. The monoisotopic (exact) mass is 416 g/mol. The van der Waals surface area contributed by atoms with Gasteiger partial charge in [-0.25, -0.2) is 12.8 Å². The smallest absolute Gasteiger partial charge is 0.230 e. The molecule has 26 heavy (non-hydrogen) atoms. The minimum absolute atomic E-state index is 0.0358. The van der Waals surface area contributed by atoms with Gasteiger partial charge in [-0.15, -0.1) is 10.2 Å². The summed E-state index contributed by atoms with van der Waals surface area (Å²) in [7, 11) is -3.08. The summed E-state index contributed by atoms with van der Waals surface area (Å²) in [6.07, 6.45) is 0.418. The summed E-state index contributed by atoms with van der Waals surface area (Å²) in [4.78, 5) is 12.1. The summed E-state index contributed by atoms with van der Waals surface area (Å²) in [5, 5.41) is 13.9. The lowest BCUT2D eigenvalue weighted by atomic mass is 10.0. The van der Waals surface area contributed by atoms with Gasteiger partial charge in [-0.05, 0) is 25.5 Å². The number of carbonyl (C=O) groups is 1. The number of thioether (sulfide) groups is 1. The molecule has 1 amide bonds. The number of rotatable bonds is 6. The van der Waals surface area contributed by atoms with Crippen LogP contribution in [0.3, 0.4) is 0 Å². The molecule has 0 bridgehead atoms. The number of hydrogen-bond acceptors (Lipinski definition) is 8. The van der Waals surface area contributed by atoms with Crippen LogP contribution in [-0.2, 0) is 14.6 Å². The number of anilines is 2. The topological polar surface area (TPSA) is 101 Å². The van der Waals surface area contributed by atoms with E-state index in [1.807, 2.05) is 0 Å². The normalized spacial score (nSPS) is 21.5. The second-order valence-electron chi connectivity index (χ2n) is 6.22. The zero-order chi connectivity index (χ0) is 18.8. The highest BCUT2D eigenvalue weighted by atomic mass is 32.2. The van der Waals surface area contributed by atoms with Gasteiger partial charge >= 0.3 is 0 Å². The van der Waals surface area contributed by atoms with Crippen molar-refractivity contribution in [3.8, 4) is 0 Å². The Balaban J connectivity index is 1.52. The summed E-state index contributed by atoms with van der Waals surface area (Å²) < 4.78 is 37.3. The van der Waals surface area contributed by atoms with Gasteiger partial charge in [0.25, 0.3) is 0 Å². The Kier molecular flexibility index (Phi) is 5.49. The van der Waals surface area contributed by atoms with Crippen LogP contribution in [0.15, 0.2) is 28.6 Å². The maximum atomic E-state index is 13.6. The van der Waals surface area contributed by atoms with E-state index in [0.717, 1.165) is 0 Å².